The molecule has 0 bridgehead atoms. The van der Waals surface area contributed by atoms with Crippen molar-refractivity contribution in [2.24, 2.45) is 0 Å². The van der Waals surface area contributed by atoms with E-state index in [-0.39, 0.29) is 11.1 Å². The van der Waals surface area contributed by atoms with Gasteiger partial charge in [0.1, 0.15) is 17.4 Å². The van der Waals surface area contributed by atoms with Gasteiger partial charge in [-0.05, 0) is 74.2 Å². The van der Waals surface area contributed by atoms with Crippen molar-refractivity contribution >= 4 is 34.0 Å². The molecule has 1 fully saturated rings. The third-order valence-corrected chi connectivity index (χ3v) is 5.66. The van der Waals surface area contributed by atoms with Gasteiger partial charge in [0.15, 0.2) is 5.82 Å². The minimum atomic E-state index is -0.469. The van der Waals surface area contributed by atoms with Crippen LogP contribution < -0.4 is 10.1 Å². The molecule has 31 heavy (non-hydrogen) atoms. The van der Waals surface area contributed by atoms with Gasteiger partial charge in [-0.2, -0.15) is 0 Å². The fourth-order valence-corrected chi connectivity index (χ4v) is 3.99. The van der Waals surface area contributed by atoms with E-state index >= 15 is 0 Å². The summed E-state index contributed by atoms with van der Waals surface area (Å²) in [5, 5.41) is 4.12. The molecule has 4 aromatic rings. The molecule has 1 aliphatic rings. The third-order valence-electron chi connectivity index (χ3n) is 5.37. The summed E-state index contributed by atoms with van der Waals surface area (Å²) < 4.78 is 19.8. The number of hydrogen-bond donors (Lipinski definition) is 1. The second kappa shape index (κ2) is 8.47. The standard InChI is InChI=1S/C24H20ClFN4O/c25-20-12-16(7-9-21(20)26)28-24-19-13-18(31-17-5-1-2-6-17)8-10-22(19)29-23(30-24)15-4-3-11-27-14-15/h3-4,7-14,17H,1-2,5-6H2,(H,28,29,30). The molecule has 0 atom stereocenters. The molecule has 7 heteroatoms. The van der Waals surface area contributed by atoms with Gasteiger partial charge in [-0.1, -0.05) is 11.6 Å². The predicted molar refractivity (Wildman–Crippen MR) is 120 cm³/mol. The zero-order chi connectivity index (χ0) is 21.2. The molecule has 5 nitrogen and oxygen atoms in total. The van der Waals surface area contributed by atoms with E-state index < -0.39 is 5.82 Å². The average Bonchev–Trinajstić information content (AvgIpc) is 3.30. The summed E-state index contributed by atoms with van der Waals surface area (Å²) in [6, 6.07) is 14.1. The van der Waals surface area contributed by atoms with Gasteiger partial charge < -0.3 is 10.1 Å². The normalized spacial score (nSPS) is 14.1. The van der Waals surface area contributed by atoms with Gasteiger partial charge in [0.25, 0.3) is 0 Å². The molecule has 5 rings (SSSR count). The van der Waals surface area contributed by atoms with E-state index in [1.807, 2.05) is 30.3 Å². The van der Waals surface area contributed by atoms with E-state index in [2.05, 4.69) is 10.3 Å². The number of halogens is 2. The summed E-state index contributed by atoms with van der Waals surface area (Å²) in [5.74, 6) is 1.45. The Morgan fingerprint density at radius 1 is 1.03 bits per heavy atom. The molecule has 2 aromatic heterocycles. The SMILES string of the molecule is Fc1ccc(Nc2nc(-c3cccnc3)nc3ccc(OC4CCCC4)cc23)cc1Cl. The predicted octanol–water partition coefficient (Wildman–Crippen LogP) is 6.55. The van der Waals surface area contributed by atoms with Crippen LogP contribution in [-0.2, 0) is 0 Å². The summed E-state index contributed by atoms with van der Waals surface area (Å²) >= 11 is 5.97. The van der Waals surface area contributed by atoms with Gasteiger partial charge in [0, 0.05) is 29.0 Å². The van der Waals surface area contributed by atoms with Crippen molar-refractivity contribution in [1.82, 2.24) is 15.0 Å². The lowest BCUT2D eigenvalue weighted by Gasteiger charge is -2.15. The molecule has 0 saturated heterocycles. The molecule has 1 aliphatic carbocycles. The minimum Gasteiger partial charge on any atom is -0.490 e. The molecular formula is C24H20ClFN4O. The largest absolute Gasteiger partial charge is 0.490 e. The summed E-state index contributed by atoms with van der Waals surface area (Å²) in [6.07, 6.45) is 8.23. The molecule has 0 radical (unpaired) electrons. The Kier molecular flexibility index (Phi) is 5.38. The fourth-order valence-electron chi connectivity index (χ4n) is 3.81. The maximum absolute atomic E-state index is 13.6. The first-order valence-corrected chi connectivity index (χ1v) is 10.6. The number of nitrogens with one attached hydrogen (secondary N) is 1. The van der Waals surface area contributed by atoms with Crippen LogP contribution in [0.2, 0.25) is 5.02 Å². The highest BCUT2D eigenvalue weighted by molar-refractivity contribution is 6.31. The molecule has 0 unspecified atom stereocenters. The van der Waals surface area contributed by atoms with Crippen molar-refractivity contribution in [1.29, 1.82) is 0 Å². The fraction of sp³-hybridized carbons (Fsp3) is 0.208. The van der Waals surface area contributed by atoms with Crippen LogP contribution in [0.3, 0.4) is 0 Å². The lowest BCUT2D eigenvalue weighted by Crippen LogP contribution is -2.10. The molecule has 0 spiro atoms. The van der Waals surface area contributed by atoms with Crippen molar-refractivity contribution in [3.8, 4) is 17.1 Å². The zero-order valence-electron chi connectivity index (χ0n) is 16.7. The summed E-state index contributed by atoms with van der Waals surface area (Å²) in [5.41, 5.74) is 2.20. The molecule has 2 heterocycles. The van der Waals surface area contributed by atoms with Gasteiger partial charge in [-0.25, -0.2) is 14.4 Å². The Morgan fingerprint density at radius 3 is 2.68 bits per heavy atom. The van der Waals surface area contributed by atoms with Crippen LogP contribution in [0.15, 0.2) is 60.9 Å². The lowest BCUT2D eigenvalue weighted by atomic mass is 10.2. The number of nitrogens with zero attached hydrogens (tertiary/aromatic N) is 3. The van der Waals surface area contributed by atoms with Crippen LogP contribution in [0.1, 0.15) is 25.7 Å². The Balaban J connectivity index is 1.59. The summed E-state index contributed by atoms with van der Waals surface area (Å²) in [4.78, 5) is 13.6. The number of pyridine rings is 1. The van der Waals surface area contributed by atoms with E-state index in [1.165, 1.54) is 25.0 Å². The average molecular weight is 435 g/mol. The van der Waals surface area contributed by atoms with Crippen molar-refractivity contribution in [2.75, 3.05) is 5.32 Å². The van der Waals surface area contributed by atoms with E-state index in [4.69, 9.17) is 26.3 Å². The van der Waals surface area contributed by atoms with Crippen LogP contribution in [0.25, 0.3) is 22.3 Å². The number of benzene rings is 2. The second-order valence-electron chi connectivity index (χ2n) is 7.59. The number of aromatic nitrogens is 3. The number of rotatable bonds is 5. The first-order chi connectivity index (χ1) is 15.2. The van der Waals surface area contributed by atoms with Crippen LogP contribution in [-0.4, -0.2) is 21.1 Å². The van der Waals surface area contributed by atoms with E-state index in [9.17, 15) is 4.39 Å². The van der Waals surface area contributed by atoms with E-state index in [0.717, 1.165) is 35.1 Å². The van der Waals surface area contributed by atoms with E-state index in [1.54, 1.807) is 18.5 Å². The van der Waals surface area contributed by atoms with Crippen molar-refractivity contribution < 1.29 is 9.13 Å². The molecule has 0 amide bonds. The highest BCUT2D eigenvalue weighted by atomic mass is 35.5. The maximum atomic E-state index is 13.6. The summed E-state index contributed by atoms with van der Waals surface area (Å²) in [7, 11) is 0. The number of fused-ring (bicyclic) bond motifs is 1. The molecule has 0 aliphatic heterocycles. The molecule has 1 N–H and O–H groups in total. The highest BCUT2D eigenvalue weighted by Crippen LogP contribution is 2.32. The monoisotopic (exact) mass is 434 g/mol. The Hall–Kier alpha value is -3.25. The topological polar surface area (TPSA) is 59.9 Å². The van der Waals surface area contributed by atoms with Crippen LogP contribution >= 0.6 is 11.6 Å². The van der Waals surface area contributed by atoms with E-state index in [0.29, 0.717) is 17.3 Å². The Bertz CT molecular complexity index is 1230. The van der Waals surface area contributed by atoms with Gasteiger partial charge in [0.05, 0.1) is 16.6 Å². The van der Waals surface area contributed by atoms with Crippen LogP contribution in [0, 0.1) is 5.82 Å². The van der Waals surface area contributed by atoms with Gasteiger partial charge in [-0.15, -0.1) is 0 Å². The molecule has 2 aromatic carbocycles. The quantitative estimate of drug-likeness (QED) is 0.386. The Labute approximate surface area is 184 Å². The first kappa shape index (κ1) is 19.7. The maximum Gasteiger partial charge on any atom is 0.163 e. The molecular weight excluding hydrogens is 415 g/mol. The number of ether oxygens (including phenoxy) is 1. The van der Waals surface area contributed by atoms with Crippen LogP contribution in [0.4, 0.5) is 15.9 Å². The van der Waals surface area contributed by atoms with Crippen LogP contribution in [0.5, 0.6) is 5.75 Å². The van der Waals surface area contributed by atoms with Crippen molar-refractivity contribution in [3.63, 3.8) is 0 Å². The van der Waals surface area contributed by atoms with Crippen molar-refractivity contribution in [2.45, 2.75) is 31.8 Å². The summed E-state index contributed by atoms with van der Waals surface area (Å²) in [6.45, 7) is 0. The lowest BCUT2D eigenvalue weighted by molar-refractivity contribution is 0.210. The van der Waals surface area contributed by atoms with Crippen molar-refractivity contribution in [3.05, 3.63) is 71.8 Å². The zero-order valence-corrected chi connectivity index (χ0v) is 17.4. The molecule has 156 valence electrons. The van der Waals surface area contributed by atoms with Gasteiger partial charge in [0.2, 0.25) is 0 Å². The third kappa shape index (κ3) is 4.30. The first-order valence-electron chi connectivity index (χ1n) is 10.3. The second-order valence-corrected chi connectivity index (χ2v) is 8.00. The highest BCUT2D eigenvalue weighted by Gasteiger charge is 2.18. The number of hydrogen-bond acceptors (Lipinski definition) is 5. The molecule has 1 saturated carbocycles. The minimum absolute atomic E-state index is 0.0427. The number of anilines is 2. The Morgan fingerprint density at radius 2 is 1.90 bits per heavy atom. The van der Waals surface area contributed by atoms with Gasteiger partial charge in [-0.3, -0.25) is 4.98 Å². The van der Waals surface area contributed by atoms with Gasteiger partial charge >= 0.3 is 0 Å². The smallest absolute Gasteiger partial charge is 0.163 e.